The molecule has 0 unspecified atom stereocenters. The Morgan fingerprint density at radius 3 is 2.43 bits per heavy atom. The predicted octanol–water partition coefficient (Wildman–Crippen LogP) is 3.85. The molecule has 4 nitrogen and oxygen atoms in total. The fraction of sp³-hybridized carbons (Fsp3) is 0.0667. The van der Waals surface area contributed by atoms with Crippen LogP contribution in [-0.4, -0.2) is 17.0 Å². The maximum absolute atomic E-state index is 13.6. The van der Waals surface area contributed by atoms with Gasteiger partial charge >= 0.3 is 5.97 Å². The molecule has 0 heterocycles. The summed E-state index contributed by atoms with van der Waals surface area (Å²) in [6.45, 7) is 1.83. The number of hydrogen-bond acceptors (Lipinski definition) is 2. The summed E-state index contributed by atoms with van der Waals surface area (Å²) in [6, 6.07) is 8.18. The number of amides is 1. The summed E-state index contributed by atoms with van der Waals surface area (Å²) in [5.41, 5.74) is 0.956. The lowest BCUT2D eigenvalue weighted by Crippen LogP contribution is -2.14. The van der Waals surface area contributed by atoms with E-state index in [9.17, 15) is 14.0 Å². The molecule has 0 radical (unpaired) electrons. The second-order valence-corrected chi connectivity index (χ2v) is 5.27. The molecule has 21 heavy (non-hydrogen) atoms. The van der Waals surface area contributed by atoms with E-state index in [1.165, 1.54) is 0 Å². The molecule has 0 aliphatic heterocycles. The first-order chi connectivity index (χ1) is 9.88. The summed E-state index contributed by atoms with van der Waals surface area (Å²) >= 11 is 3.33. The molecule has 0 atom stereocenters. The van der Waals surface area contributed by atoms with Crippen molar-refractivity contribution in [1.29, 1.82) is 0 Å². The van der Waals surface area contributed by atoms with Gasteiger partial charge in [0, 0.05) is 10.0 Å². The fourth-order valence-corrected chi connectivity index (χ4v) is 1.98. The van der Waals surface area contributed by atoms with Crippen LogP contribution in [-0.2, 0) is 0 Å². The highest BCUT2D eigenvalue weighted by Gasteiger charge is 2.13. The summed E-state index contributed by atoms with van der Waals surface area (Å²) in [4.78, 5) is 22.9. The van der Waals surface area contributed by atoms with Gasteiger partial charge < -0.3 is 10.4 Å². The first kappa shape index (κ1) is 15.2. The number of aryl methyl sites for hydroxylation is 1. The van der Waals surface area contributed by atoms with Crippen LogP contribution in [0.5, 0.6) is 0 Å². The van der Waals surface area contributed by atoms with Gasteiger partial charge in [0.25, 0.3) is 5.91 Å². The molecule has 0 saturated carbocycles. The van der Waals surface area contributed by atoms with Crippen LogP contribution in [0.3, 0.4) is 0 Å². The van der Waals surface area contributed by atoms with Gasteiger partial charge in [-0.2, -0.15) is 0 Å². The van der Waals surface area contributed by atoms with Crippen molar-refractivity contribution in [3.63, 3.8) is 0 Å². The van der Waals surface area contributed by atoms with E-state index in [0.717, 1.165) is 28.2 Å². The molecule has 2 N–H and O–H groups in total. The van der Waals surface area contributed by atoms with Gasteiger partial charge in [-0.25, -0.2) is 9.18 Å². The minimum Gasteiger partial charge on any atom is -0.478 e. The van der Waals surface area contributed by atoms with E-state index in [1.54, 1.807) is 18.2 Å². The highest BCUT2D eigenvalue weighted by atomic mass is 79.9. The lowest BCUT2D eigenvalue weighted by atomic mass is 10.1. The zero-order valence-corrected chi connectivity index (χ0v) is 12.6. The number of hydrogen-bond donors (Lipinski definition) is 2. The molecule has 0 spiro atoms. The average Bonchev–Trinajstić information content (AvgIpc) is 2.43. The zero-order chi connectivity index (χ0) is 15.6. The Morgan fingerprint density at radius 1 is 1.14 bits per heavy atom. The maximum atomic E-state index is 13.6. The third-order valence-electron chi connectivity index (χ3n) is 2.88. The molecular weight excluding hydrogens is 341 g/mol. The number of carboxylic acids is 1. The van der Waals surface area contributed by atoms with Crippen molar-refractivity contribution in [3.8, 4) is 0 Å². The van der Waals surface area contributed by atoms with Crippen molar-refractivity contribution in [2.24, 2.45) is 0 Å². The Bertz CT molecular complexity index is 731. The summed E-state index contributed by atoms with van der Waals surface area (Å²) in [7, 11) is 0. The lowest BCUT2D eigenvalue weighted by molar-refractivity contribution is 0.0696. The van der Waals surface area contributed by atoms with Crippen molar-refractivity contribution in [2.45, 2.75) is 6.92 Å². The smallest absolute Gasteiger partial charge is 0.335 e. The number of halogens is 2. The van der Waals surface area contributed by atoms with Crippen molar-refractivity contribution >= 4 is 33.5 Å². The van der Waals surface area contributed by atoms with E-state index in [-0.39, 0.29) is 11.3 Å². The summed E-state index contributed by atoms with van der Waals surface area (Å²) < 4.78 is 14.5. The quantitative estimate of drug-likeness (QED) is 0.882. The Hall–Kier alpha value is -2.21. The minimum atomic E-state index is -1.19. The van der Waals surface area contributed by atoms with E-state index in [1.807, 2.05) is 6.92 Å². The predicted molar refractivity (Wildman–Crippen MR) is 80.2 cm³/mol. The van der Waals surface area contributed by atoms with Gasteiger partial charge in [0.05, 0.1) is 11.3 Å². The van der Waals surface area contributed by atoms with Crippen molar-refractivity contribution in [2.75, 3.05) is 5.32 Å². The first-order valence-electron chi connectivity index (χ1n) is 5.99. The second kappa shape index (κ2) is 6.05. The Labute approximate surface area is 128 Å². The minimum absolute atomic E-state index is 0.0984. The van der Waals surface area contributed by atoms with E-state index in [0.29, 0.717) is 5.56 Å². The molecule has 0 saturated heterocycles. The van der Waals surface area contributed by atoms with Crippen molar-refractivity contribution in [1.82, 2.24) is 0 Å². The fourth-order valence-electron chi connectivity index (χ4n) is 1.73. The number of nitrogens with one attached hydrogen (secondary N) is 1. The SMILES string of the molecule is Cc1cc(C(=O)Nc2cc(C(=O)O)ccc2F)ccc1Br. The summed E-state index contributed by atoms with van der Waals surface area (Å²) in [5, 5.41) is 11.3. The van der Waals surface area contributed by atoms with Gasteiger partial charge in [-0.05, 0) is 48.9 Å². The molecule has 6 heteroatoms. The Kier molecular flexibility index (Phi) is 4.37. The number of anilines is 1. The van der Waals surface area contributed by atoms with Gasteiger partial charge in [0.15, 0.2) is 0 Å². The topological polar surface area (TPSA) is 66.4 Å². The number of carboxylic acid groups (broad SMARTS) is 1. The molecule has 0 aliphatic rings. The largest absolute Gasteiger partial charge is 0.478 e. The third kappa shape index (κ3) is 3.46. The van der Waals surface area contributed by atoms with E-state index in [2.05, 4.69) is 21.2 Å². The molecular formula is C15H11BrFNO3. The normalized spacial score (nSPS) is 10.2. The van der Waals surface area contributed by atoms with Crippen LogP contribution >= 0.6 is 15.9 Å². The van der Waals surface area contributed by atoms with Crippen LogP contribution in [0, 0.1) is 12.7 Å². The van der Waals surface area contributed by atoms with Crippen LogP contribution in [0.1, 0.15) is 26.3 Å². The first-order valence-corrected chi connectivity index (χ1v) is 6.78. The van der Waals surface area contributed by atoms with E-state index >= 15 is 0 Å². The summed E-state index contributed by atoms with van der Waals surface area (Å²) in [6.07, 6.45) is 0. The Morgan fingerprint density at radius 2 is 1.81 bits per heavy atom. The van der Waals surface area contributed by atoms with Crippen LogP contribution in [0.15, 0.2) is 40.9 Å². The molecule has 0 aromatic heterocycles. The second-order valence-electron chi connectivity index (χ2n) is 4.42. The van der Waals surface area contributed by atoms with Gasteiger partial charge in [-0.1, -0.05) is 15.9 Å². The molecule has 0 fully saturated rings. The van der Waals surface area contributed by atoms with Crippen LogP contribution in [0.25, 0.3) is 0 Å². The monoisotopic (exact) mass is 351 g/mol. The van der Waals surface area contributed by atoms with Crippen molar-refractivity contribution < 1.29 is 19.1 Å². The average molecular weight is 352 g/mol. The van der Waals surface area contributed by atoms with Crippen LogP contribution in [0.2, 0.25) is 0 Å². The standard InChI is InChI=1S/C15H11BrFNO3/c1-8-6-9(2-4-11(8)16)14(19)18-13-7-10(15(20)21)3-5-12(13)17/h2-7H,1H3,(H,18,19)(H,20,21). The van der Waals surface area contributed by atoms with Gasteiger partial charge in [0.2, 0.25) is 0 Å². The summed E-state index contributed by atoms with van der Waals surface area (Å²) in [5.74, 6) is -2.39. The number of carbonyl (C=O) groups is 2. The van der Waals surface area contributed by atoms with Gasteiger partial charge in [0.1, 0.15) is 5.82 Å². The molecule has 0 bridgehead atoms. The van der Waals surface area contributed by atoms with E-state index in [4.69, 9.17) is 5.11 Å². The third-order valence-corrected chi connectivity index (χ3v) is 3.77. The number of benzene rings is 2. The van der Waals surface area contributed by atoms with E-state index < -0.39 is 17.7 Å². The lowest BCUT2D eigenvalue weighted by Gasteiger charge is -2.08. The molecule has 0 aliphatic carbocycles. The van der Waals surface area contributed by atoms with Crippen molar-refractivity contribution in [3.05, 3.63) is 63.4 Å². The highest BCUT2D eigenvalue weighted by Crippen LogP contribution is 2.20. The molecule has 2 aromatic rings. The van der Waals surface area contributed by atoms with Crippen LogP contribution in [0.4, 0.5) is 10.1 Å². The number of rotatable bonds is 3. The zero-order valence-electron chi connectivity index (χ0n) is 11.0. The molecule has 1 amide bonds. The molecule has 2 aromatic carbocycles. The number of carbonyl (C=O) groups excluding carboxylic acids is 1. The molecule has 2 rings (SSSR count). The highest BCUT2D eigenvalue weighted by molar-refractivity contribution is 9.10. The molecule has 108 valence electrons. The van der Waals surface area contributed by atoms with Crippen LogP contribution < -0.4 is 5.32 Å². The Balaban J connectivity index is 2.28. The van der Waals surface area contributed by atoms with Gasteiger partial charge in [-0.15, -0.1) is 0 Å². The maximum Gasteiger partial charge on any atom is 0.335 e. The van der Waals surface area contributed by atoms with Gasteiger partial charge in [-0.3, -0.25) is 4.79 Å². The number of aromatic carboxylic acids is 1.